The topological polar surface area (TPSA) is 43.6 Å². The van der Waals surface area contributed by atoms with Crippen molar-refractivity contribution in [2.75, 3.05) is 0 Å². The highest BCUT2D eigenvalue weighted by molar-refractivity contribution is 6.29. The van der Waals surface area contributed by atoms with E-state index in [1.807, 2.05) is 16.8 Å². The van der Waals surface area contributed by atoms with Gasteiger partial charge in [-0.3, -0.25) is 4.57 Å². The van der Waals surface area contributed by atoms with Crippen LogP contribution in [-0.2, 0) is 6.42 Å². The monoisotopic (exact) mass is 222 g/mol. The Bertz CT molecular complexity index is 435. The molecule has 0 N–H and O–H groups in total. The first-order chi connectivity index (χ1) is 7.31. The number of hydrogen-bond donors (Lipinski definition) is 0. The third kappa shape index (κ3) is 2.15. The molecule has 4 nitrogen and oxygen atoms in total. The second-order valence-corrected chi connectivity index (χ2v) is 3.56. The van der Waals surface area contributed by atoms with Gasteiger partial charge in [-0.15, -0.1) is 10.2 Å². The average molecular weight is 223 g/mol. The zero-order chi connectivity index (χ0) is 10.7. The van der Waals surface area contributed by atoms with Gasteiger partial charge in [0, 0.05) is 18.8 Å². The van der Waals surface area contributed by atoms with Gasteiger partial charge in [0.1, 0.15) is 5.82 Å². The molecule has 2 aromatic heterocycles. The minimum Gasteiger partial charge on any atom is -0.286 e. The van der Waals surface area contributed by atoms with Crippen LogP contribution in [0.15, 0.2) is 24.5 Å². The van der Waals surface area contributed by atoms with Gasteiger partial charge in [-0.2, -0.15) is 0 Å². The van der Waals surface area contributed by atoms with Crippen molar-refractivity contribution in [3.05, 3.63) is 35.5 Å². The molecule has 78 valence electrons. The number of rotatable bonds is 3. The maximum atomic E-state index is 5.68. The van der Waals surface area contributed by atoms with Crippen LogP contribution in [0.5, 0.6) is 0 Å². The summed E-state index contributed by atoms with van der Waals surface area (Å²) in [5.41, 5.74) is 0. The lowest BCUT2D eigenvalue weighted by atomic mass is 10.3. The molecule has 2 aromatic rings. The highest BCUT2D eigenvalue weighted by atomic mass is 35.5. The van der Waals surface area contributed by atoms with Gasteiger partial charge in [0.25, 0.3) is 0 Å². The first kappa shape index (κ1) is 10.1. The van der Waals surface area contributed by atoms with Crippen molar-refractivity contribution in [1.82, 2.24) is 19.7 Å². The maximum absolute atomic E-state index is 5.68. The van der Waals surface area contributed by atoms with Crippen molar-refractivity contribution >= 4 is 11.6 Å². The minimum atomic E-state index is 0.399. The molecule has 0 aliphatic carbocycles. The van der Waals surface area contributed by atoms with Gasteiger partial charge in [0.05, 0.1) is 0 Å². The van der Waals surface area contributed by atoms with Crippen LogP contribution in [0.25, 0.3) is 5.82 Å². The summed E-state index contributed by atoms with van der Waals surface area (Å²) in [4.78, 5) is 4.27. The Morgan fingerprint density at radius 2 is 2.20 bits per heavy atom. The Kier molecular flexibility index (Phi) is 2.97. The van der Waals surface area contributed by atoms with Gasteiger partial charge in [-0.25, -0.2) is 4.98 Å². The molecule has 0 saturated carbocycles. The molecule has 0 aliphatic heterocycles. The number of aromatic nitrogens is 4. The van der Waals surface area contributed by atoms with Crippen LogP contribution in [0, 0.1) is 0 Å². The molecule has 0 unspecified atom stereocenters. The molecule has 15 heavy (non-hydrogen) atoms. The summed E-state index contributed by atoms with van der Waals surface area (Å²) in [5.74, 6) is 1.74. The molecule has 0 amide bonds. The van der Waals surface area contributed by atoms with Crippen molar-refractivity contribution in [1.29, 1.82) is 0 Å². The van der Waals surface area contributed by atoms with E-state index >= 15 is 0 Å². The lowest BCUT2D eigenvalue weighted by molar-refractivity contribution is 0.786. The molecule has 0 aromatic carbocycles. The zero-order valence-electron chi connectivity index (χ0n) is 8.39. The third-order valence-electron chi connectivity index (χ3n) is 2.06. The van der Waals surface area contributed by atoms with Crippen LogP contribution in [0.1, 0.15) is 19.2 Å². The molecule has 0 atom stereocenters. The second-order valence-electron chi connectivity index (χ2n) is 3.18. The first-order valence-corrected chi connectivity index (χ1v) is 5.21. The maximum Gasteiger partial charge on any atom is 0.160 e. The van der Waals surface area contributed by atoms with E-state index in [4.69, 9.17) is 11.6 Å². The van der Waals surface area contributed by atoms with Crippen molar-refractivity contribution in [2.24, 2.45) is 0 Å². The van der Waals surface area contributed by atoms with Crippen molar-refractivity contribution < 1.29 is 0 Å². The Hall–Kier alpha value is -1.42. The normalized spacial score (nSPS) is 10.5. The van der Waals surface area contributed by atoms with E-state index < -0.39 is 0 Å². The zero-order valence-corrected chi connectivity index (χ0v) is 9.15. The Morgan fingerprint density at radius 3 is 2.87 bits per heavy atom. The molecular formula is C10H11ClN4. The van der Waals surface area contributed by atoms with E-state index in [-0.39, 0.29) is 0 Å². The standard InChI is InChI=1S/C10H11ClN4/c1-2-3-9-12-6-7-15(9)10-5-4-8(11)13-14-10/h4-7H,2-3H2,1H3. The van der Waals surface area contributed by atoms with Crippen LogP contribution < -0.4 is 0 Å². The van der Waals surface area contributed by atoms with Gasteiger partial charge in [0.15, 0.2) is 11.0 Å². The first-order valence-electron chi connectivity index (χ1n) is 4.83. The molecular weight excluding hydrogens is 212 g/mol. The van der Waals surface area contributed by atoms with E-state index in [0.29, 0.717) is 5.15 Å². The molecule has 2 heterocycles. The van der Waals surface area contributed by atoms with Crippen LogP contribution in [0.4, 0.5) is 0 Å². The SMILES string of the molecule is CCCc1nccn1-c1ccc(Cl)nn1. The molecule has 5 heteroatoms. The fourth-order valence-corrected chi connectivity index (χ4v) is 1.49. The molecule has 2 rings (SSSR count). The minimum absolute atomic E-state index is 0.399. The molecule has 0 aliphatic rings. The quantitative estimate of drug-likeness (QED) is 0.800. The Morgan fingerprint density at radius 1 is 1.33 bits per heavy atom. The predicted molar refractivity (Wildman–Crippen MR) is 58.2 cm³/mol. The molecule has 0 saturated heterocycles. The molecule has 0 fully saturated rings. The van der Waals surface area contributed by atoms with Crippen LogP contribution >= 0.6 is 11.6 Å². The van der Waals surface area contributed by atoms with Gasteiger partial charge in [-0.05, 0) is 18.6 Å². The summed E-state index contributed by atoms with van der Waals surface area (Å²) in [6.45, 7) is 2.12. The number of halogens is 1. The predicted octanol–water partition coefficient (Wildman–Crippen LogP) is 2.27. The van der Waals surface area contributed by atoms with Gasteiger partial charge in [0.2, 0.25) is 0 Å². The summed E-state index contributed by atoms with van der Waals surface area (Å²) < 4.78 is 1.92. The van der Waals surface area contributed by atoms with Gasteiger partial charge >= 0.3 is 0 Å². The molecule has 0 spiro atoms. The lowest BCUT2D eigenvalue weighted by Crippen LogP contribution is -2.03. The highest BCUT2D eigenvalue weighted by Gasteiger charge is 2.05. The molecule has 0 radical (unpaired) electrons. The van der Waals surface area contributed by atoms with E-state index in [1.54, 1.807) is 12.3 Å². The number of imidazole rings is 1. The number of nitrogens with zero attached hydrogens (tertiary/aromatic N) is 4. The largest absolute Gasteiger partial charge is 0.286 e. The Labute approximate surface area is 92.9 Å². The average Bonchev–Trinajstić information content (AvgIpc) is 2.68. The fraction of sp³-hybridized carbons (Fsp3) is 0.300. The van der Waals surface area contributed by atoms with Crippen LogP contribution in [0.3, 0.4) is 0 Å². The number of aryl methyl sites for hydroxylation is 1. The third-order valence-corrected chi connectivity index (χ3v) is 2.26. The van der Waals surface area contributed by atoms with E-state index in [1.165, 1.54) is 0 Å². The summed E-state index contributed by atoms with van der Waals surface area (Å²) in [6, 6.07) is 3.55. The smallest absolute Gasteiger partial charge is 0.160 e. The van der Waals surface area contributed by atoms with Crippen molar-refractivity contribution in [3.8, 4) is 5.82 Å². The summed E-state index contributed by atoms with van der Waals surface area (Å²) >= 11 is 5.68. The lowest BCUT2D eigenvalue weighted by Gasteiger charge is -2.04. The van der Waals surface area contributed by atoms with E-state index in [2.05, 4.69) is 22.1 Å². The van der Waals surface area contributed by atoms with Gasteiger partial charge in [-0.1, -0.05) is 18.5 Å². The van der Waals surface area contributed by atoms with Gasteiger partial charge < -0.3 is 0 Å². The van der Waals surface area contributed by atoms with Crippen molar-refractivity contribution in [3.63, 3.8) is 0 Å². The Balaban J connectivity index is 2.36. The van der Waals surface area contributed by atoms with Crippen LogP contribution in [-0.4, -0.2) is 19.7 Å². The summed E-state index contributed by atoms with van der Waals surface area (Å²) in [5, 5.41) is 8.21. The van der Waals surface area contributed by atoms with E-state index in [0.717, 1.165) is 24.5 Å². The summed E-state index contributed by atoms with van der Waals surface area (Å²) in [7, 11) is 0. The van der Waals surface area contributed by atoms with Crippen molar-refractivity contribution in [2.45, 2.75) is 19.8 Å². The van der Waals surface area contributed by atoms with Crippen LogP contribution in [0.2, 0.25) is 5.15 Å². The second kappa shape index (κ2) is 4.40. The van der Waals surface area contributed by atoms with E-state index in [9.17, 15) is 0 Å². The highest BCUT2D eigenvalue weighted by Crippen LogP contribution is 2.10. The molecule has 0 bridgehead atoms. The number of hydrogen-bond acceptors (Lipinski definition) is 3. The fourth-order valence-electron chi connectivity index (χ4n) is 1.39. The summed E-state index contributed by atoms with van der Waals surface area (Å²) in [6.07, 6.45) is 5.62.